The Balaban J connectivity index is 3.03. The number of carbonyl (C=O) groups excluding carboxylic acids is 1. The number of nitrogens with one attached hydrogen (secondary N) is 1. The summed E-state index contributed by atoms with van der Waals surface area (Å²) < 4.78 is 0.750. The van der Waals surface area contributed by atoms with Crippen molar-refractivity contribution in [3.05, 3.63) is 16.8 Å². The molecule has 1 aromatic heterocycles. The highest BCUT2D eigenvalue weighted by Crippen LogP contribution is 1.80. The number of H-pyrrole nitrogens is 1. The predicted molar refractivity (Wildman–Crippen MR) is 37.3 cm³/mol. The Morgan fingerprint density at radius 2 is 2.36 bits per heavy atom. The Morgan fingerprint density at radius 3 is 2.73 bits per heavy atom. The smallest absolute Gasteiger partial charge is 0.329 e. The van der Waals surface area contributed by atoms with Gasteiger partial charge in [0.2, 0.25) is 0 Å². The summed E-state index contributed by atoms with van der Waals surface area (Å²) in [7, 11) is 3.09. The second-order valence-electron chi connectivity index (χ2n) is 2.18. The van der Waals surface area contributed by atoms with Crippen molar-refractivity contribution >= 4 is 6.03 Å². The minimum absolute atomic E-state index is 0.462. The molecule has 0 spiro atoms. The summed E-state index contributed by atoms with van der Waals surface area (Å²) in [6, 6.07) is -0.462. The average molecular weight is 156 g/mol. The summed E-state index contributed by atoms with van der Waals surface area (Å²) in [4.78, 5) is 25.3. The lowest BCUT2D eigenvalue weighted by molar-refractivity contribution is 0.215. The minimum atomic E-state index is -0.524. The molecule has 6 heteroatoms. The Bertz CT molecular complexity index is 310. The number of amides is 1. The Hall–Kier alpha value is -1.59. The van der Waals surface area contributed by atoms with Gasteiger partial charge in [-0.25, -0.2) is 9.59 Å². The first kappa shape index (κ1) is 7.52. The number of rotatable bonds is 0. The molecule has 0 radical (unpaired) electrons. The van der Waals surface area contributed by atoms with Gasteiger partial charge >= 0.3 is 11.7 Å². The van der Waals surface area contributed by atoms with Crippen LogP contribution in [0, 0.1) is 0 Å². The SMILES string of the molecule is CN(C)C(=O)n1nc[nH]c1=O. The lowest BCUT2D eigenvalue weighted by Gasteiger charge is -2.06. The van der Waals surface area contributed by atoms with Crippen LogP contribution in [0.4, 0.5) is 4.79 Å². The second kappa shape index (κ2) is 2.57. The Morgan fingerprint density at radius 1 is 1.73 bits per heavy atom. The van der Waals surface area contributed by atoms with E-state index in [4.69, 9.17) is 0 Å². The van der Waals surface area contributed by atoms with Crippen LogP contribution >= 0.6 is 0 Å². The molecule has 11 heavy (non-hydrogen) atoms. The first-order valence-electron chi connectivity index (χ1n) is 2.97. The van der Waals surface area contributed by atoms with Crippen molar-refractivity contribution in [2.45, 2.75) is 0 Å². The quantitative estimate of drug-likeness (QED) is 0.529. The molecule has 0 saturated heterocycles. The molecule has 1 amide bonds. The van der Waals surface area contributed by atoms with Gasteiger partial charge in [0.1, 0.15) is 6.33 Å². The molecule has 0 unspecified atom stereocenters. The minimum Gasteiger partial charge on any atom is -0.329 e. The molecule has 1 N–H and O–H groups in total. The summed E-state index contributed by atoms with van der Waals surface area (Å²) >= 11 is 0. The third kappa shape index (κ3) is 1.28. The monoisotopic (exact) mass is 156 g/mol. The van der Waals surface area contributed by atoms with E-state index in [1.807, 2.05) is 0 Å². The van der Waals surface area contributed by atoms with Gasteiger partial charge in [0.05, 0.1) is 0 Å². The van der Waals surface area contributed by atoms with E-state index in [1.165, 1.54) is 11.2 Å². The van der Waals surface area contributed by atoms with Crippen molar-refractivity contribution in [1.29, 1.82) is 0 Å². The molecular formula is C5H8N4O2. The van der Waals surface area contributed by atoms with Gasteiger partial charge in [0.25, 0.3) is 0 Å². The molecule has 0 atom stereocenters. The molecule has 1 heterocycles. The standard InChI is InChI=1S/C5H8N4O2/c1-8(2)5(11)9-4(10)6-3-7-9/h3H,1-2H3,(H,6,7,10). The molecule has 0 bridgehead atoms. The fourth-order valence-corrected chi connectivity index (χ4v) is 0.581. The van der Waals surface area contributed by atoms with Crippen molar-refractivity contribution in [2.75, 3.05) is 14.1 Å². The Kier molecular flexibility index (Phi) is 1.75. The van der Waals surface area contributed by atoms with Crippen LogP contribution in [-0.2, 0) is 0 Å². The van der Waals surface area contributed by atoms with Gasteiger partial charge in [-0.3, -0.25) is 4.98 Å². The second-order valence-corrected chi connectivity index (χ2v) is 2.18. The van der Waals surface area contributed by atoms with E-state index in [2.05, 4.69) is 10.1 Å². The molecule has 0 saturated carbocycles. The number of aromatic nitrogens is 3. The highest BCUT2D eigenvalue weighted by atomic mass is 16.2. The van der Waals surface area contributed by atoms with E-state index < -0.39 is 11.7 Å². The van der Waals surface area contributed by atoms with Crippen molar-refractivity contribution in [3.8, 4) is 0 Å². The highest BCUT2D eigenvalue weighted by Gasteiger charge is 2.09. The summed E-state index contributed by atoms with van der Waals surface area (Å²) in [6.07, 6.45) is 1.17. The van der Waals surface area contributed by atoms with Gasteiger partial charge < -0.3 is 4.90 Å². The number of nitrogens with zero attached hydrogens (tertiary/aromatic N) is 3. The van der Waals surface area contributed by atoms with Crippen molar-refractivity contribution in [1.82, 2.24) is 19.7 Å². The van der Waals surface area contributed by atoms with E-state index in [0.29, 0.717) is 0 Å². The summed E-state index contributed by atoms with van der Waals surface area (Å²) in [5.74, 6) is 0. The molecule has 0 aliphatic rings. The normalized spacial score (nSPS) is 9.64. The zero-order valence-corrected chi connectivity index (χ0v) is 6.24. The van der Waals surface area contributed by atoms with E-state index in [9.17, 15) is 9.59 Å². The number of aromatic amines is 1. The number of carbonyl (C=O) groups is 1. The highest BCUT2D eigenvalue weighted by molar-refractivity contribution is 5.74. The lowest BCUT2D eigenvalue weighted by atomic mass is 10.8. The number of hydrogen-bond donors (Lipinski definition) is 1. The summed E-state index contributed by atoms with van der Waals surface area (Å²) in [5.41, 5.74) is -0.524. The van der Waals surface area contributed by atoms with Gasteiger partial charge in [-0.15, -0.1) is 9.78 Å². The van der Waals surface area contributed by atoms with Gasteiger partial charge in [-0.1, -0.05) is 0 Å². The third-order valence-electron chi connectivity index (χ3n) is 1.12. The van der Waals surface area contributed by atoms with Gasteiger partial charge in [0, 0.05) is 14.1 Å². The molecule has 0 aliphatic heterocycles. The topological polar surface area (TPSA) is 71.0 Å². The van der Waals surface area contributed by atoms with Crippen LogP contribution in [0.25, 0.3) is 0 Å². The molecule has 1 rings (SSSR count). The summed E-state index contributed by atoms with van der Waals surface area (Å²) in [6.45, 7) is 0. The Labute approximate surface area is 62.4 Å². The zero-order valence-electron chi connectivity index (χ0n) is 6.24. The zero-order chi connectivity index (χ0) is 8.43. The predicted octanol–water partition coefficient (Wildman–Crippen LogP) is -0.899. The van der Waals surface area contributed by atoms with Crippen LogP contribution < -0.4 is 5.69 Å². The molecule has 0 aliphatic carbocycles. The average Bonchev–Trinajstić information content (AvgIpc) is 2.33. The molecule has 60 valence electrons. The fourth-order valence-electron chi connectivity index (χ4n) is 0.581. The first-order chi connectivity index (χ1) is 5.13. The van der Waals surface area contributed by atoms with Gasteiger partial charge in [-0.2, -0.15) is 0 Å². The van der Waals surface area contributed by atoms with Crippen molar-refractivity contribution < 1.29 is 4.79 Å². The van der Waals surface area contributed by atoms with Crippen LogP contribution in [-0.4, -0.2) is 39.8 Å². The fraction of sp³-hybridized carbons (Fsp3) is 0.400. The van der Waals surface area contributed by atoms with E-state index >= 15 is 0 Å². The largest absolute Gasteiger partial charge is 0.351 e. The maximum Gasteiger partial charge on any atom is 0.351 e. The van der Waals surface area contributed by atoms with E-state index in [1.54, 1.807) is 14.1 Å². The molecule has 0 aromatic carbocycles. The van der Waals surface area contributed by atoms with Crippen molar-refractivity contribution in [2.24, 2.45) is 0 Å². The maximum atomic E-state index is 11.0. The molecule has 6 nitrogen and oxygen atoms in total. The van der Waals surface area contributed by atoms with Crippen LogP contribution in [0.15, 0.2) is 11.1 Å². The van der Waals surface area contributed by atoms with Gasteiger partial charge in [-0.05, 0) is 0 Å². The molecular weight excluding hydrogens is 148 g/mol. The molecule has 0 fully saturated rings. The van der Waals surface area contributed by atoms with Crippen LogP contribution in [0.2, 0.25) is 0 Å². The summed E-state index contributed by atoms with van der Waals surface area (Å²) in [5, 5.41) is 3.49. The maximum absolute atomic E-state index is 11.0. The van der Waals surface area contributed by atoms with Gasteiger partial charge in [0.15, 0.2) is 0 Å². The number of hydrogen-bond acceptors (Lipinski definition) is 3. The van der Waals surface area contributed by atoms with Crippen LogP contribution in [0.3, 0.4) is 0 Å². The van der Waals surface area contributed by atoms with Crippen LogP contribution in [0.5, 0.6) is 0 Å². The first-order valence-corrected chi connectivity index (χ1v) is 2.97. The van der Waals surface area contributed by atoms with E-state index in [-0.39, 0.29) is 0 Å². The molecule has 1 aromatic rings. The lowest BCUT2D eigenvalue weighted by Crippen LogP contribution is -2.34. The van der Waals surface area contributed by atoms with E-state index in [0.717, 1.165) is 4.68 Å². The van der Waals surface area contributed by atoms with Crippen LogP contribution in [0.1, 0.15) is 0 Å². The van der Waals surface area contributed by atoms with Crippen molar-refractivity contribution in [3.63, 3.8) is 0 Å². The third-order valence-corrected chi connectivity index (χ3v) is 1.12.